The molecule has 0 radical (unpaired) electrons. The van der Waals surface area contributed by atoms with E-state index >= 15 is 0 Å². The van der Waals surface area contributed by atoms with Crippen LogP contribution in [0, 0.1) is 6.92 Å². The van der Waals surface area contributed by atoms with Crippen LogP contribution in [0.3, 0.4) is 0 Å². The minimum absolute atomic E-state index is 0.0777. The summed E-state index contributed by atoms with van der Waals surface area (Å²) in [7, 11) is 0. The number of hydrogen-bond acceptors (Lipinski definition) is 6. The smallest absolute Gasteiger partial charge is 0.231 e. The first-order chi connectivity index (χ1) is 16.2. The molecular weight excluding hydrogens is 436 g/mol. The van der Waals surface area contributed by atoms with Crippen LogP contribution in [-0.4, -0.2) is 33.2 Å². The van der Waals surface area contributed by atoms with Crippen LogP contribution in [0.15, 0.2) is 78.0 Å². The van der Waals surface area contributed by atoms with E-state index in [0.29, 0.717) is 29.4 Å². The van der Waals surface area contributed by atoms with Gasteiger partial charge < -0.3 is 14.8 Å². The molecule has 3 aromatic carbocycles. The highest BCUT2D eigenvalue weighted by Gasteiger charge is 2.17. The van der Waals surface area contributed by atoms with Crippen molar-refractivity contribution >= 4 is 23.4 Å². The molecule has 1 aliphatic heterocycles. The summed E-state index contributed by atoms with van der Waals surface area (Å²) >= 11 is 1.50. The highest BCUT2D eigenvalue weighted by molar-refractivity contribution is 7.99. The Morgan fingerprint density at radius 1 is 1.00 bits per heavy atom. The fourth-order valence-electron chi connectivity index (χ4n) is 3.50. The van der Waals surface area contributed by atoms with E-state index in [1.165, 1.54) is 17.3 Å². The zero-order valence-electron chi connectivity index (χ0n) is 18.0. The fourth-order valence-corrected chi connectivity index (χ4v) is 4.39. The molecule has 7 nitrogen and oxygen atoms in total. The lowest BCUT2D eigenvalue weighted by atomic mass is 10.2. The van der Waals surface area contributed by atoms with Gasteiger partial charge in [-0.05, 0) is 31.2 Å². The molecule has 2 heterocycles. The van der Waals surface area contributed by atoms with E-state index in [1.54, 1.807) is 18.2 Å². The normalized spacial score (nSPS) is 12.0. The number of nitrogens with one attached hydrogen (secondary N) is 1. The lowest BCUT2D eigenvalue weighted by Gasteiger charge is -2.11. The molecule has 0 spiro atoms. The predicted molar refractivity (Wildman–Crippen MR) is 128 cm³/mol. The van der Waals surface area contributed by atoms with Crippen LogP contribution in [0.4, 0.5) is 5.69 Å². The Labute approximate surface area is 195 Å². The van der Waals surface area contributed by atoms with Crippen molar-refractivity contribution in [3.8, 4) is 28.6 Å². The van der Waals surface area contributed by atoms with Crippen LogP contribution in [0.2, 0.25) is 0 Å². The maximum atomic E-state index is 12.5. The maximum Gasteiger partial charge on any atom is 0.231 e. The molecule has 4 aromatic rings. The number of benzene rings is 3. The van der Waals surface area contributed by atoms with E-state index in [1.807, 2.05) is 34.9 Å². The van der Waals surface area contributed by atoms with Crippen molar-refractivity contribution in [2.75, 3.05) is 17.9 Å². The number of aryl methyl sites for hydroxylation is 1. The molecule has 8 heteroatoms. The van der Waals surface area contributed by atoms with Gasteiger partial charge in [0, 0.05) is 35.2 Å². The van der Waals surface area contributed by atoms with Crippen molar-refractivity contribution in [3.05, 3.63) is 78.4 Å². The minimum atomic E-state index is -0.0777. The number of amides is 1. The third-order valence-corrected chi connectivity index (χ3v) is 6.10. The number of carbonyl (C=O) groups is 1. The topological polar surface area (TPSA) is 78.3 Å². The molecule has 1 amide bonds. The highest BCUT2D eigenvalue weighted by atomic mass is 32.2. The van der Waals surface area contributed by atoms with E-state index in [-0.39, 0.29) is 12.7 Å². The molecule has 5 rings (SSSR count). The summed E-state index contributed by atoms with van der Waals surface area (Å²) in [5.41, 5.74) is 3.83. The van der Waals surface area contributed by atoms with Crippen molar-refractivity contribution in [2.45, 2.75) is 18.5 Å². The number of hydrogen-bond donors (Lipinski definition) is 1. The zero-order chi connectivity index (χ0) is 22.6. The number of aromatic nitrogens is 3. The summed E-state index contributed by atoms with van der Waals surface area (Å²) in [5.74, 6) is 2.59. The molecule has 0 atom stereocenters. The maximum absolute atomic E-state index is 12.5. The van der Waals surface area contributed by atoms with Gasteiger partial charge in [-0.25, -0.2) is 0 Å². The Bertz CT molecular complexity index is 1270. The van der Waals surface area contributed by atoms with Crippen LogP contribution in [0.5, 0.6) is 11.5 Å². The van der Waals surface area contributed by atoms with Crippen LogP contribution in [0.1, 0.15) is 12.0 Å². The monoisotopic (exact) mass is 458 g/mol. The van der Waals surface area contributed by atoms with Crippen LogP contribution in [0.25, 0.3) is 17.1 Å². The number of carbonyl (C=O) groups excluding carboxylic acids is 1. The van der Waals surface area contributed by atoms with Crippen LogP contribution >= 0.6 is 11.8 Å². The summed E-state index contributed by atoms with van der Waals surface area (Å²) in [4.78, 5) is 12.5. The van der Waals surface area contributed by atoms with Gasteiger partial charge in [0.1, 0.15) is 0 Å². The molecule has 0 saturated carbocycles. The van der Waals surface area contributed by atoms with Gasteiger partial charge in [-0.3, -0.25) is 9.36 Å². The number of rotatable bonds is 7. The molecule has 0 saturated heterocycles. The Hall–Kier alpha value is -3.78. The highest BCUT2D eigenvalue weighted by Crippen LogP contribution is 2.34. The van der Waals surface area contributed by atoms with Crippen LogP contribution in [-0.2, 0) is 4.79 Å². The van der Waals surface area contributed by atoms with Gasteiger partial charge in [0.2, 0.25) is 12.7 Å². The van der Waals surface area contributed by atoms with Crippen molar-refractivity contribution in [3.63, 3.8) is 0 Å². The zero-order valence-corrected chi connectivity index (χ0v) is 18.8. The van der Waals surface area contributed by atoms with E-state index in [2.05, 4.69) is 46.7 Å². The number of fused-ring (bicyclic) bond motifs is 1. The Morgan fingerprint density at radius 2 is 1.79 bits per heavy atom. The van der Waals surface area contributed by atoms with Gasteiger partial charge in [0.25, 0.3) is 0 Å². The standard InChI is InChI=1S/C25H22N4O3S/c1-17-7-10-20(11-8-17)29-24(18-5-3-2-4-6-18)27-28-25(29)33-14-13-23(30)26-19-9-12-21-22(15-19)32-16-31-21/h2-12,15H,13-14,16H2,1H3,(H,26,30). The first-order valence-corrected chi connectivity index (χ1v) is 11.6. The predicted octanol–water partition coefficient (Wildman–Crippen LogP) is 5.09. The van der Waals surface area contributed by atoms with Gasteiger partial charge in [-0.1, -0.05) is 59.8 Å². The number of nitrogens with zero attached hydrogens (tertiary/aromatic N) is 3. The molecule has 0 fully saturated rings. The fraction of sp³-hybridized carbons (Fsp3) is 0.160. The van der Waals surface area contributed by atoms with Crippen LogP contribution < -0.4 is 14.8 Å². The largest absolute Gasteiger partial charge is 0.454 e. The SMILES string of the molecule is Cc1ccc(-n2c(SCCC(=O)Nc3ccc4c(c3)OCO4)nnc2-c2ccccc2)cc1. The lowest BCUT2D eigenvalue weighted by Crippen LogP contribution is -2.12. The second-order valence-corrected chi connectivity index (χ2v) is 8.62. The Kier molecular flexibility index (Phi) is 5.99. The minimum Gasteiger partial charge on any atom is -0.454 e. The Balaban J connectivity index is 1.29. The van der Waals surface area contributed by atoms with Gasteiger partial charge in [-0.2, -0.15) is 0 Å². The lowest BCUT2D eigenvalue weighted by molar-refractivity contribution is -0.115. The number of anilines is 1. The first-order valence-electron chi connectivity index (χ1n) is 10.6. The van der Waals surface area contributed by atoms with E-state index in [4.69, 9.17) is 9.47 Å². The molecule has 1 aliphatic rings. The third kappa shape index (κ3) is 4.70. The summed E-state index contributed by atoms with van der Waals surface area (Å²) in [6.07, 6.45) is 0.334. The molecule has 166 valence electrons. The van der Waals surface area contributed by atoms with E-state index < -0.39 is 0 Å². The van der Waals surface area contributed by atoms with Gasteiger partial charge in [-0.15, -0.1) is 10.2 Å². The average molecular weight is 459 g/mol. The van der Waals surface area contributed by atoms with Crippen molar-refractivity contribution in [1.29, 1.82) is 0 Å². The second-order valence-electron chi connectivity index (χ2n) is 7.56. The van der Waals surface area contributed by atoms with E-state index in [0.717, 1.165) is 22.2 Å². The summed E-state index contributed by atoms with van der Waals surface area (Å²) in [6, 6.07) is 23.6. The summed E-state index contributed by atoms with van der Waals surface area (Å²) < 4.78 is 12.7. The molecule has 33 heavy (non-hydrogen) atoms. The Morgan fingerprint density at radius 3 is 2.61 bits per heavy atom. The molecule has 0 bridgehead atoms. The molecule has 1 N–H and O–H groups in total. The van der Waals surface area contributed by atoms with Gasteiger partial charge in [0.05, 0.1) is 0 Å². The number of thioether (sulfide) groups is 1. The quantitative estimate of drug-likeness (QED) is 0.389. The van der Waals surface area contributed by atoms with Crippen molar-refractivity contribution < 1.29 is 14.3 Å². The van der Waals surface area contributed by atoms with Crippen molar-refractivity contribution in [1.82, 2.24) is 14.8 Å². The molecule has 0 aliphatic carbocycles. The first kappa shape index (κ1) is 21.1. The molecular formula is C25H22N4O3S. The number of ether oxygens (including phenoxy) is 2. The van der Waals surface area contributed by atoms with Gasteiger partial charge in [0.15, 0.2) is 22.5 Å². The summed E-state index contributed by atoms with van der Waals surface area (Å²) in [5, 5.41) is 12.5. The summed E-state index contributed by atoms with van der Waals surface area (Å²) in [6.45, 7) is 2.26. The van der Waals surface area contributed by atoms with Gasteiger partial charge >= 0.3 is 0 Å². The third-order valence-electron chi connectivity index (χ3n) is 5.17. The van der Waals surface area contributed by atoms with Crippen molar-refractivity contribution in [2.24, 2.45) is 0 Å². The van der Waals surface area contributed by atoms with E-state index in [9.17, 15) is 4.79 Å². The second kappa shape index (κ2) is 9.38. The molecule has 0 unspecified atom stereocenters. The molecule has 1 aromatic heterocycles. The average Bonchev–Trinajstić information content (AvgIpc) is 3.47.